The maximum Gasteiger partial charge on any atom is 0.337 e. The number of benzene rings is 1. The third kappa shape index (κ3) is 3.69. The van der Waals surface area contributed by atoms with Gasteiger partial charge in [-0.15, -0.1) is 0 Å². The molecule has 0 radical (unpaired) electrons. The minimum absolute atomic E-state index is 0.295. The first-order chi connectivity index (χ1) is 13.7. The van der Waals surface area contributed by atoms with Crippen molar-refractivity contribution in [2.24, 2.45) is 0 Å². The fourth-order valence-corrected chi connectivity index (χ4v) is 4.07. The normalized spacial score (nSPS) is 13.4. The number of carbonyl (C=O) groups excluding carboxylic acids is 1. The second-order valence-electron chi connectivity index (χ2n) is 6.89. The molecule has 1 aliphatic rings. The first-order valence-corrected chi connectivity index (χ1v) is 9.88. The number of aryl methyl sites for hydroxylation is 2. The maximum atomic E-state index is 11.9. The average Bonchev–Trinajstić information content (AvgIpc) is 3.04. The molecule has 7 heteroatoms. The van der Waals surface area contributed by atoms with Gasteiger partial charge in [0, 0.05) is 29.2 Å². The summed E-state index contributed by atoms with van der Waals surface area (Å²) in [5.74, 6) is 0.193. The van der Waals surface area contributed by atoms with E-state index in [1.165, 1.54) is 48.4 Å². The van der Waals surface area contributed by atoms with Crippen molar-refractivity contribution in [2.45, 2.75) is 38.6 Å². The number of esters is 1. The molecule has 0 aliphatic heterocycles. The summed E-state index contributed by atoms with van der Waals surface area (Å²) in [5, 5.41) is 1.54. The van der Waals surface area contributed by atoms with Gasteiger partial charge in [0.15, 0.2) is 0 Å². The highest BCUT2D eigenvalue weighted by atomic mass is 35.5. The monoisotopic (exact) mass is 399 g/mol. The van der Waals surface area contributed by atoms with Crippen LogP contribution in [0.25, 0.3) is 10.9 Å². The van der Waals surface area contributed by atoms with Gasteiger partial charge in [0.25, 0.3) is 0 Å². The van der Waals surface area contributed by atoms with Gasteiger partial charge in [-0.05, 0) is 55.9 Å². The van der Waals surface area contributed by atoms with E-state index in [4.69, 9.17) is 21.1 Å². The lowest BCUT2D eigenvalue weighted by Gasteiger charge is -2.16. The van der Waals surface area contributed by atoms with Gasteiger partial charge >= 0.3 is 5.97 Å². The van der Waals surface area contributed by atoms with Crippen molar-refractivity contribution in [2.75, 3.05) is 13.7 Å². The second kappa shape index (κ2) is 8.19. The molecule has 4 rings (SSSR count). The van der Waals surface area contributed by atoms with Gasteiger partial charge in [-0.3, -0.25) is 0 Å². The molecule has 0 amide bonds. The molecule has 28 heavy (non-hydrogen) atoms. The zero-order valence-corrected chi connectivity index (χ0v) is 16.5. The van der Waals surface area contributed by atoms with Crippen molar-refractivity contribution < 1.29 is 14.3 Å². The van der Waals surface area contributed by atoms with Crippen LogP contribution in [0.15, 0.2) is 30.6 Å². The molecular weight excluding hydrogens is 378 g/mol. The largest absolute Gasteiger partial charge is 0.477 e. The van der Waals surface area contributed by atoms with Gasteiger partial charge in [0.1, 0.15) is 11.5 Å². The standard InChI is InChI=1S/C21H22ClN3O3/c1-27-21(26)14-7-8-18-16(11-14)15-5-2-3-6-17(15)25(18)9-4-10-28-20-12-19(22)23-13-24-20/h7-8,11-13H,2-6,9-10H2,1H3. The van der Waals surface area contributed by atoms with Gasteiger partial charge in [-0.1, -0.05) is 11.6 Å². The lowest BCUT2D eigenvalue weighted by Crippen LogP contribution is -2.11. The zero-order chi connectivity index (χ0) is 19.5. The van der Waals surface area contributed by atoms with Gasteiger partial charge in [0.05, 0.1) is 19.3 Å². The Morgan fingerprint density at radius 2 is 2.07 bits per heavy atom. The summed E-state index contributed by atoms with van der Waals surface area (Å²) >= 11 is 5.86. The van der Waals surface area contributed by atoms with Crippen molar-refractivity contribution in [3.63, 3.8) is 0 Å². The van der Waals surface area contributed by atoms with E-state index in [-0.39, 0.29) is 5.97 Å². The Morgan fingerprint density at radius 1 is 1.21 bits per heavy atom. The lowest BCUT2D eigenvalue weighted by molar-refractivity contribution is 0.0601. The fraction of sp³-hybridized carbons (Fsp3) is 0.381. The number of halogens is 1. The van der Waals surface area contributed by atoms with Gasteiger partial charge in [0.2, 0.25) is 5.88 Å². The molecule has 0 bridgehead atoms. The Kier molecular flexibility index (Phi) is 5.48. The van der Waals surface area contributed by atoms with E-state index < -0.39 is 0 Å². The van der Waals surface area contributed by atoms with Crippen molar-refractivity contribution in [1.82, 2.24) is 14.5 Å². The molecule has 0 saturated carbocycles. The Morgan fingerprint density at radius 3 is 2.89 bits per heavy atom. The highest BCUT2D eigenvalue weighted by Crippen LogP contribution is 2.33. The zero-order valence-electron chi connectivity index (χ0n) is 15.8. The summed E-state index contributed by atoms with van der Waals surface area (Å²) in [6, 6.07) is 7.46. The van der Waals surface area contributed by atoms with E-state index in [1.54, 1.807) is 6.07 Å². The second-order valence-corrected chi connectivity index (χ2v) is 7.28. The van der Waals surface area contributed by atoms with Crippen LogP contribution in [0, 0.1) is 0 Å². The number of methoxy groups -OCH3 is 1. The van der Waals surface area contributed by atoms with Crippen molar-refractivity contribution in [3.05, 3.63) is 52.6 Å². The molecular formula is C21H22ClN3O3. The van der Waals surface area contributed by atoms with Gasteiger partial charge < -0.3 is 14.0 Å². The van der Waals surface area contributed by atoms with Crippen LogP contribution in [0.1, 0.15) is 40.9 Å². The van der Waals surface area contributed by atoms with E-state index in [1.807, 2.05) is 18.2 Å². The number of aromatic nitrogens is 3. The molecule has 2 aromatic heterocycles. The van der Waals surface area contributed by atoms with Gasteiger partial charge in [-0.25, -0.2) is 14.8 Å². The summed E-state index contributed by atoms with van der Waals surface area (Å²) < 4.78 is 13.0. The number of ether oxygens (including phenoxy) is 2. The van der Waals surface area contributed by atoms with Crippen LogP contribution < -0.4 is 4.74 Å². The van der Waals surface area contributed by atoms with E-state index >= 15 is 0 Å². The third-order valence-corrected chi connectivity index (χ3v) is 5.39. The number of fused-ring (bicyclic) bond motifs is 3. The number of carbonyl (C=O) groups is 1. The highest BCUT2D eigenvalue weighted by Gasteiger charge is 2.21. The van der Waals surface area contributed by atoms with Crippen LogP contribution in [0.2, 0.25) is 5.15 Å². The van der Waals surface area contributed by atoms with Crippen molar-refractivity contribution in [3.8, 4) is 5.88 Å². The van der Waals surface area contributed by atoms with E-state index in [0.717, 1.165) is 25.8 Å². The number of nitrogens with zero attached hydrogens (tertiary/aromatic N) is 3. The summed E-state index contributed by atoms with van der Waals surface area (Å²) in [7, 11) is 1.41. The van der Waals surface area contributed by atoms with Crippen LogP contribution in [0.3, 0.4) is 0 Å². The number of hydrogen-bond donors (Lipinski definition) is 0. The highest BCUT2D eigenvalue weighted by molar-refractivity contribution is 6.29. The topological polar surface area (TPSA) is 66.2 Å². The van der Waals surface area contributed by atoms with E-state index in [9.17, 15) is 4.79 Å². The maximum absolute atomic E-state index is 11.9. The van der Waals surface area contributed by atoms with Crippen LogP contribution >= 0.6 is 11.6 Å². The van der Waals surface area contributed by atoms with E-state index in [2.05, 4.69) is 14.5 Å². The first-order valence-electron chi connectivity index (χ1n) is 9.50. The Balaban J connectivity index is 1.55. The number of rotatable bonds is 6. The minimum atomic E-state index is -0.295. The molecule has 0 atom stereocenters. The molecule has 0 unspecified atom stereocenters. The lowest BCUT2D eigenvalue weighted by atomic mass is 9.95. The molecule has 0 N–H and O–H groups in total. The SMILES string of the molecule is COC(=O)c1ccc2c(c1)c1c(n2CCCOc2cc(Cl)ncn2)CCCC1. The average molecular weight is 400 g/mol. The molecule has 146 valence electrons. The molecule has 0 fully saturated rings. The summed E-state index contributed by atoms with van der Waals surface area (Å²) in [6.07, 6.45) is 6.75. The van der Waals surface area contributed by atoms with Crippen molar-refractivity contribution >= 4 is 28.5 Å². The first kappa shape index (κ1) is 18.7. The summed E-state index contributed by atoms with van der Waals surface area (Å²) in [5.41, 5.74) is 4.53. The van der Waals surface area contributed by atoms with Crippen LogP contribution in [-0.2, 0) is 24.1 Å². The predicted octanol–water partition coefficient (Wildman–Crippen LogP) is 4.22. The fourth-order valence-electron chi connectivity index (χ4n) is 3.93. The molecule has 3 aromatic rings. The predicted molar refractivity (Wildman–Crippen MR) is 107 cm³/mol. The van der Waals surface area contributed by atoms with E-state index in [0.29, 0.717) is 23.2 Å². The third-order valence-electron chi connectivity index (χ3n) is 5.18. The minimum Gasteiger partial charge on any atom is -0.477 e. The van der Waals surface area contributed by atoms with Crippen LogP contribution in [0.5, 0.6) is 5.88 Å². The molecule has 2 heterocycles. The van der Waals surface area contributed by atoms with Crippen LogP contribution in [-0.4, -0.2) is 34.2 Å². The van der Waals surface area contributed by atoms with Gasteiger partial charge in [-0.2, -0.15) is 0 Å². The Hall–Kier alpha value is -2.60. The quantitative estimate of drug-likeness (QED) is 0.352. The summed E-state index contributed by atoms with van der Waals surface area (Å²) in [6.45, 7) is 1.39. The smallest absolute Gasteiger partial charge is 0.337 e. The van der Waals surface area contributed by atoms with Crippen molar-refractivity contribution in [1.29, 1.82) is 0 Å². The Labute approximate surface area is 168 Å². The molecule has 0 spiro atoms. The molecule has 6 nitrogen and oxygen atoms in total. The molecule has 1 aliphatic carbocycles. The number of hydrogen-bond acceptors (Lipinski definition) is 5. The molecule has 1 aromatic carbocycles. The summed E-state index contributed by atoms with van der Waals surface area (Å²) in [4.78, 5) is 19.9. The Bertz CT molecular complexity index is 1020. The van der Waals surface area contributed by atoms with Crippen LogP contribution in [0.4, 0.5) is 0 Å². The molecule has 0 saturated heterocycles.